The Labute approximate surface area is 169 Å². The van der Waals surface area contributed by atoms with Crippen molar-refractivity contribution in [1.29, 1.82) is 0 Å². The van der Waals surface area contributed by atoms with E-state index in [-0.39, 0.29) is 23.6 Å². The summed E-state index contributed by atoms with van der Waals surface area (Å²) in [5.74, 6) is -0.917. The van der Waals surface area contributed by atoms with Gasteiger partial charge in [0.25, 0.3) is 0 Å². The number of esters is 1. The number of allylic oxidation sites excluding steroid dienone is 2. The molecule has 1 unspecified atom stereocenters. The van der Waals surface area contributed by atoms with Gasteiger partial charge in [0.1, 0.15) is 5.92 Å². The molecule has 2 aromatic rings. The number of thiophene rings is 1. The standard InChI is InChI=1S/C23H23NO3S/c1-3-27-23(26)20-14(2)24-18-11-17(15-7-5-4-6-8-15)12-19(25)22(18)21(20)16-9-10-28-13-16/h4-10,13,17,20-21H,3,11-12H2,1-2H3/t17-,20?,21+/m1/s1. The number of hydrogen-bond donors (Lipinski definition) is 0. The van der Waals surface area contributed by atoms with Crippen molar-refractivity contribution in [2.45, 2.75) is 38.5 Å². The third kappa shape index (κ3) is 3.35. The van der Waals surface area contributed by atoms with Gasteiger partial charge in [0.2, 0.25) is 0 Å². The predicted molar refractivity (Wildman–Crippen MR) is 111 cm³/mol. The highest BCUT2D eigenvalue weighted by Crippen LogP contribution is 2.47. The minimum absolute atomic E-state index is 0.0943. The number of aliphatic imine (C=N–C) groups is 1. The van der Waals surface area contributed by atoms with Crippen molar-refractivity contribution in [3.63, 3.8) is 0 Å². The van der Waals surface area contributed by atoms with Crippen molar-refractivity contribution in [3.05, 3.63) is 69.6 Å². The summed E-state index contributed by atoms with van der Waals surface area (Å²) in [5, 5.41) is 4.01. The fourth-order valence-corrected chi connectivity index (χ4v) is 5.07. The lowest BCUT2D eigenvalue weighted by Crippen LogP contribution is -2.38. The fourth-order valence-electron chi connectivity index (χ4n) is 4.37. The number of Topliss-reactive ketones (excluding diaryl/α,β-unsaturated/α-hetero) is 1. The quantitative estimate of drug-likeness (QED) is 0.695. The van der Waals surface area contributed by atoms with Gasteiger partial charge in [0, 0.05) is 29.3 Å². The van der Waals surface area contributed by atoms with Gasteiger partial charge < -0.3 is 4.74 Å². The highest BCUT2D eigenvalue weighted by Gasteiger charge is 2.44. The van der Waals surface area contributed by atoms with Gasteiger partial charge in [-0.05, 0) is 54.1 Å². The highest BCUT2D eigenvalue weighted by molar-refractivity contribution is 7.08. The summed E-state index contributed by atoms with van der Waals surface area (Å²) in [6.45, 7) is 3.99. The van der Waals surface area contributed by atoms with E-state index in [1.165, 1.54) is 0 Å². The van der Waals surface area contributed by atoms with Crippen molar-refractivity contribution in [1.82, 2.24) is 0 Å². The van der Waals surface area contributed by atoms with Gasteiger partial charge in [-0.1, -0.05) is 30.3 Å². The zero-order valence-corrected chi connectivity index (χ0v) is 16.9. The van der Waals surface area contributed by atoms with Crippen LogP contribution in [0.2, 0.25) is 0 Å². The Kier molecular flexibility index (Phi) is 5.27. The lowest BCUT2D eigenvalue weighted by atomic mass is 9.70. The summed E-state index contributed by atoms with van der Waals surface area (Å²) in [6.07, 6.45) is 1.17. The highest BCUT2D eigenvalue weighted by atomic mass is 32.1. The molecule has 0 spiro atoms. The van der Waals surface area contributed by atoms with Crippen LogP contribution in [0.1, 0.15) is 49.7 Å². The molecule has 1 aromatic heterocycles. The molecule has 0 amide bonds. The first kappa shape index (κ1) is 18.8. The lowest BCUT2D eigenvalue weighted by molar-refractivity contribution is -0.146. The van der Waals surface area contributed by atoms with Crippen LogP contribution in [0.4, 0.5) is 0 Å². The molecule has 1 aliphatic carbocycles. The van der Waals surface area contributed by atoms with Crippen molar-refractivity contribution >= 4 is 28.8 Å². The van der Waals surface area contributed by atoms with Crippen LogP contribution in [-0.2, 0) is 14.3 Å². The van der Waals surface area contributed by atoms with Crippen molar-refractivity contribution in [3.8, 4) is 0 Å². The Morgan fingerprint density at radius 2 is 1.96 bits per heavy atom. The maximum absolute atomic E-state index is 13.3. The molecule has 1 aliphatic heterocycles. The van der Waals surface area contributed by atoms with E-state index in [0.29, 0.717) is 18.6 Å². The Bertz CT molecular complexity index is 943. The zero-order valence-electron chi connectivity index (χ0n) is 16.1. The molecule has 2 heterocycles. The Hall–Kier alpha value is -2.53. The maximum Gasteiger partial charge on any atom is 0.315 e. The summed E-state index contributed by atoms with van der Waals surface area (Å²) in [7, 11) is 0. The predicted octanol–water partition coefficient (Wildman–Crippen LogP) is 4.89. The summed E-state index contributed by atoms with van der Waals surface area (Å²) in [5.41, 5.74) is 4.43. The molecule has 5 heteroatoms. The monoisotopic (exact) mass is 393 g/mol. The molecule has 4 nitrogen and oxygen atoms in total. The summed E-state index contributed by atoms with van der Waals surface area (Å²) < 4.78 is 5.34. The molecule has 1 aromatic carbocycles. The van der Waals surface area contributed by atoms with Gasteiger partial charge in [-0.3, -0.25) is 14.6 Å². The van der Waals surface area contributed by atoms with Gasteiger partial charge in [0.05, 0.1) is 6.61 Å². The number of hydrogen-bond acceptors (Lipinski definition) is 5. The van der Waals surface area contributed by atoms with E-state index in [1.54, 1.807) is 18.3 Å². The van der Waals surface area contributed by atoms with Crippen molar-refractivity contribution in [2.75, 3.05) is 6.61 Å². The van der Waals surface area contributed by atoms with Crippen LogP contribution < -0.4 is 0 Å². The number of nitrogens with zero attached hydrogens (tertiary/aromatic N) is 1. The third-order valence-electron chi connectivity index (χ3n) is 5.60. The third-order valence-corrected chi connectivity index (χ3v) is 6.30. The molecule has 144 valence electrons. The SMILES string of the molecule is CCOC(=O)C1C(C)=NC2=C(C(=O)C[C@H](c3ccccc3)C2)[C@H]1c1ccsc1. The van der Waals surface area contributed by atoms with E-state index >= 15 is 0 Å². The molecule has 3 atom stereocenters. The number of ketones is 1. The normalized spacial score (nSPS) is 24.6. The summed E-state index contributed by atoms with van der Waals surface area (Å²) >= 11 is 1.57. The van der Waals surface area contributed by atoms with Crippen LogP contribution in [0, 0.1) is 5.92 Å². The van der Waals surface area contributed by atoms with Gasteiger partial charge >= 0.3 is 5.97 Å². The van der Waals surface area contributed by atoms with Crippen LogP contribution in [0.15, 0.2) is 63.4 Å². The molecule has 0 radical (unpaired) electrons. The van der Waals surface area contributed by atoms with E-state index < -0.39 is 5.92 Å². The van der Waals surface area contributed by atoms with E-state index in [0.717, 1.165) is 29.0 Å². The fraction of sp³-hybridized carbons (Fsp3) is 0.348. The molecule has 0 fully saturated rings. The molecule has 0 N–H and O–H groups in total. The van der Waals surface area contributed by atoms with Crippen LogP contribution in [0.3, 0.4) is 0 Å². The van der Waals surface area contributed by atoms with Gasteiger partial charge in [-0.25, -0.2) is 0 Å². The van der Waals surface area contributed by atoms with E-state index in [1.807, 2.05) is 41.9 Å². The van der Waals surface area contributed by atoms with E-state index in [9.17, 15) is 9.59 Å². The van der Waals surface area contributed by atoms with Crippen molar-refractivity contribution in [2.24, 2.45) is 10.9 Å². The van der Waals surface area contributed by atoms with Gasteiger partial charge in [0.15, 0.2) is 5.78 Å². The summed E-state index contributed by atoms with van der Waals surface area (Å²) in [6, 6.07) is 12.1. The minimum atomic E-state index is -0.537. The number of carbonyl (C=O) groups is 2. The maximum atomic E-state index is 13.3. The largest absolute Gasteiger partial charge is 0.465 e. The minimum Gasteiger partial charge on any atom is -0.465 e. The second-order valence-electron chi connectivity index (χ2n) is 7.32. The first-order chi connectivity index (χ1) is 13.6. The average Bonchev–Trinajstić information content (AvgIpc) is 3.22. The molecule has 28 heavy (non-hydrogen) atoms. The molecule has 0 saturated carbocycles. The first-order valence-corrected chi connectivity index (χ1v) is 10.6. The Balaban J connectivity index is 1.77. The van der Waals surface area contributed by atoms with Gasteiger partial charge in [-0.15, -0.1) is 0 Å². The molecular weight excluding hydrogens is 370 g/mol. The number of carbonyl (C=O) groups excluding carboxylic acids is 2. The Morgan fingerprint density at radius 3 is 2.64 bits per heavy atom. The van der Waals surface area contributed by atoms with Crippen LogP contribution in [-0.4, -0.2) is 24.1 Å². The van der Waals surface area contributed by atoms with Crippen LogP contribution in [0.5, 0.6) is 0 Å². The molecule has 2 aliphatic rings. The smallest absolute Gasteiger partial charge is 0.315 e. The first-order valence-electron chi connectivity index (χ1n) is 9.65. The zero-order chi connectivity index (χ0) is 19.7. The van der Waals surface area contributed by atoms with Crippen LogP contribution in [0.25, 0.3) is 0 Å². The topological polar surface area (TPSA) is 55.7 Å². The van der Waals surface area contributed by atoms with Crippen molar-refractivity contribution < 1.29 is 14.3 Å². The number of benzene rings is 1. The lowest BCUT2D eigenvalue weighted by Gasteiger charge is -2.36. The second-order valence-corrected chi connectivity index (χ2v) is 8.10. The molecular formula is C23H23NO3S. The second kappa shape index (κ2) is 7.84. The van der Waals surface area contributed by atoms with E-state index in [4.69, 9.17) is 9.73 Å². The molecule has 4 rings (SSSR count). The Morgan fingerprint density at radius 1 is 1.18 bits per heavy atom. The van der Waals surface area contributed by atoms with Gasteiger partial charge in [-0.2, -0.15) is 11.3 Å². The average molecular weight is 394 g/mol. The summed E-state index contributed by atoms with van der Waals surface area (Å²) in [4.78, 5) is 30.8. The molecule has 0 saturated heterocycles. The number of ether oxygens (including phenoxy) is 1. The van der Waals surface area contributed by atoms with Crippen LogP contribution >= 0.6 is 11.3 Å². The number of rotatable bonds is 4. The molecule has 0 bridgehead atoms. The van der Waals surface area contributed by atoms with E-state index in [2.05, 4.69) is 12.1 Å².